The quantitative estimate of drug-likeness (QED) is 0.591. The number of hydrogen-bond acceptors (Lipinski definition) is 7. The van der Waals surface area contributed by atoms with Crippen molar-refractivity contribution in [2.24, 2.45) is 5.73 Å². The van der Waals surface area contributed by atoms with Crippen LogP contribution in [-0.2, 0) is 9.59 Å². The molecule has 11 heteroatoms. The molecule has 29 heavy (non-hydrogen) atoms. The summed E-state index contributed by atoms with van der Waals surface area (Å²) in [5.74, 6) is -3.71. The van der Waals surface area contributed by atoms with Crippen molar-refractivity contribution in [2.45, 2.75) is 12.5 Å². The summed E-state index contributed by atoms with van der Waals surface area (Å²) in [5, 5.41) is 23.8. The Morgan fingerprint density at radius 3 is 2.52 bits per heavy atom. The first-order chi connectivity index (χ1) is 13.7. The van der Waals surface area contributed by atoms with Crippen LogP contribution in [0.15, 0.2) is 30.3 Å². The molecule has 9 nitrogen and oxygen atoms in total. The lowest BCUT2D eigenvalue weighted by molar-refractivity contribution is -0.159. The van der Waals surface area contributed by atoms with Crippen molar-refractivity contribution in [3.63, 3.8) is 0 Å². The summed E-state index contributed by atoms with van der Waals surface area (Å²) < 4.78 is 24.4. The molecule has 1 heterocycles. The number of halogens is 2. The zero-order valence-electron chi connectivity index (χ0n) is 15.1. The van der Waals surface area contributed by atoms with Crippen LogP contribution in [-0.4, -0.2) is 40.8 Å². The predicted octanol–water partition coefficient (Wildman–Crippen LogP) is 2.38. The molecule has 154 valence electrons. The van der Waals surface area contributed by atoms with Crippen LogP contribution in [0.2, 0.25) is 5.02 Å². The maximum absolute atomic E-state index is 13.5. The van der Waals surface area contributed by atoms with Gasteiger partial charge in [-0.25, -0.2) is 19.0 Å². The Morgan fingerprint density at radius 1 is 1.34 bits per heavy atom. The van der Waals surface area contributed by atoms with Crippen LogP contribution in [0, 0.1) is 17.1 Å². The van der Waals surface area contributed by atoms with Crippen molar-refractivity contribution in [3.05, 3.63) is 52.4 Å². The van der Waals surface area contributed by atoms with E-state index in [-0.39, 0.29) is 16.3 Å². The molecule has 0 saturated carbocycles. The van der Waals surface area contributed by atoms with Gasteiger partial charge in [0.2, 0.25) is 5.88 Å². The lowest BCUT2D eigenvalue weighted by atomic mass is 10.1. The molecule has 0 spiro atoms. The van der Waals surface area contributed by atoms with Crippen LogP contribution in [0.25, 0.3) is 0 Å². The first-order valence-corrected chi connectivity index (χ1v) is 8.34. The third kappa shape index (κ3) is 7.25. The Kier molecular flexibility index (Phi) is 9.31. The monoisotopic (exact) mass is 425 g/mol. The van der Waals surface area contributed by atoms with E-state index < -0.39 is 23.9 Å². The Balaban J connectivity index is 0.000000612. The molecule has 1 aromatic heterocycles. The normalized spacial score (nSPS) is 10.7. The fourth-order valence-electron chi connectivity index (χ4n) is 2.01. The highest BCUT2D eigenvalue weighted by atomic mass is 35.5. The number of benzene rings is 1. The molecule has 2 aromatic rings. The smallest absolute Gasteiger partial charge is 0.414 e. The van der Waals surface area contributed by atoms with Gasteiger partial charge >= 0.3 is 11.9 Å². The van der Waals surface area contributed by atoms with E-state index in [1.165, 1.54) is 13.2 Å². The average molecular weight is 426 g/mol. The van der Waals surface area contributed by atoms with Gasteiger partial charge in [0.25, 0.3) is 0 Å². The second kappa shape index (κ2) is 11.4. The molecule has 0 radical (unpaired) electrons. The van der Waals surface area contributed by atoms with Gasteiger partial charge in [-0.15, -0.1) is 0 Å². The van der Waals surface area contributed by atoms with Gasteiger partial charge in [-0.3, -0.25) is 0 Å². The van der Waals surface area contributed by atoms with Gasteiger partial charge in [0.05, 0.1) is 23.4 Å². The van der Waals surface area contributed by atoms with Crippen LogP contribution in [0.3, 0.4) is 0 Å². The molecule has 1 atom stereocenters. The van der Waals surface area contributed by atoms with Crippen molar-refractivity contribution in [1.29, 1.82) is 5.26 Å². The minimum absolute atomic E-state index is 0.0526. The van der Waals surface area contributed by atoms with E-state index in [0.717, 1.165) is 6.07 Å². The van der Waals surface area contributed by atoms with Gasteiger partial charge < -0.3 is 25.4 Å². The number of ether oxygens (including phenoxy) is 2. The number of nitrogens with zero attached hydrogens (tertiary/aromatic N) is 2. The Bertz CT molecular complexity index is 907. The lowest BCUT2D eigenvalue weighted by Gasteiger charge is -2.19. The van der Waals surface area contributed by atoms with Crippen LogP contribution in [0.1, 0.15) is 23.8 Å². The summed E-state index contributed by atoms with van der Waals surface area (Å²) in [4.78, 5) is 22.5. The number of aromatic nitrogens is 1. The molecular weight excluding hydrogens is 409 g/mol. The van der Waals surface area contributed by atoms with Gasteiger partial charge in [0.1, 0.15) is 23.7 Å². The van der Waals surface area contributed by atoms with Crippen molar-refractivity contribution < 1.29 is 33.7 Å². The molecule has 0 aliphatic carbocycles. The summed E-state index contributed by atoms with van der Waals surface area (Å²) in [5.41, 5.74) is 6.27. The molecule has 1 aromatic carbocycles. The van der Waals surface area contributed by atoms with Crippen molar-refractivity contribution in [2.75, 3.05) is 13.7 Å². The number of carboxylic acids is 2. The van der Waals surface area contributed by atoms with Crippen LogP contribution < -0.4 is 15.2 Å². The minimum atomic E-state index is -1.82. The maximum Gasteiger partial charge on any atom is 0.414 e. The Morgan fingerprint density at radius 2 is 2.00 bits per heavy atom. The van der Waals surface area contributed by atoms with Gasteiger partial charge in [-0.1, -0.05) is 17.7 Å². The summed E-state index contributed by atoms with van der Waals surface area (Å²) in [6.45, 7) is 0.348. The third-order valence-corrected chi connectivity index (χ3v) is 3.60. The van der Waals surface area contributed by atoms with E-state index in [2.05, 4.69) is 4.98 Å². The molecule has 0 bridgehead atoms. The van der Waals surface area contributed by atoms with Crippen molar-refractivity contribution in [1.82, 2.24) is 4.98 Å². The highest BCUT2D eigenvalue weighted by Gasteiger charge is 2.18. The first-order valence-electron chi connectivity index (χ1n) is 7.96. The predicted molar refractivity (Wildman–Crippen MR) is 99.2 cm³/mol. The summed E-state index contributed by atoms with van der Waals surface area (Å²) in [6, 6.07) is 9.45. The number of pyridine rings is 1. The second-order valence-electron chi connectivity index (χ2n) is 5.27. The molecule has 2 rings (SSSR count). The van der Waals surface area contributed by atoms with E-state index in [4.69, 9.17) is 51.9 Å². The molecule has 0 amide bonds. The van der Waals surface area contributed by atoms with Gasteiger partial charge in [0, 0.05) is 18.6 Å². The Hall–Kier alpha value is -3.42. The lowest BCUT2D eigenvalue weighted by Crippen LogP contribution is -2.15. The van der Waals surface area contributed by atoms with E-state index in [0.29, 0.717) is 24.5 Å². The maximum atomic E-state index is 13.5. The van der Waals surface area contributed by atoms with E-state index in [1.54, 1.807) is 18.2 Å². The highest BCUT2D eigenvalue weighted by Crippen LogP contribution is 2.31. The van der Waals surface area contributed by atoms with Gasteiger partial charge in [-0.05, 0) is 18.7 Å². The number of carboxylic acid groups (broad SMARTS) is 2. The molecule has 4 N–H and O–H groups in total. The number of methoxy groups -OCH3 is 1. The van der Waals surface area contributed by atoms with Crippen LogP contribution >= 0.6 is 11.6 Å². The number of hydrogen-bond donors (Lipinski definition) is 3. The standard InChI is InChI=1S/C16H15ClFN3O2.C2H2O4/c1-22-16-4-2-3-13(21-16)14(5-6-19)23-15-8-11(17)12(18)7-10(15)9-20;3-1(4)2(5)6/h2-4,7-8,14H,5-6,19H2,1H3;(H,3,4)(H,5,6). The fraction of sp³-hybridized carbons (Fsp3) is 0.222. The molecule has 0 aliphatic heterocycles. The van der Waals surface area contributed by atoms with E-state index in [9.17, 15) is 4.39 Å². The summed E-state index contributed by atoms with van der Waals surface area (Å²) >= 11 is 5.77. The fourth-order valence-corrected chi connectivity index (χ4v) is 2.16. The van der Waals surface area contributed by atoms with Crippen molar-refractivity contribution in [3.8, 4) is 17.7 Å². The van der Waals surface area contributed by atoms with Gasteiger partial charge in [0.15, 0.2) is 0 Å². The number of aliphatic carboxylic acids is 2. The van der Waals surface area contributed by atoms with Crippen molar-refractivity contribution >= 4 is 23.5 Å². The SMILES string of the molecule is COc1cccc(C(CCN)Oc2cc(Cl)c(F)cc2C#N)n1.O=C(O)C(=O)O. The minimum Gasteiger partial charge on any atom is -0.483 e. The summed E-state index contributed by atoms with van der Waals surface area (Å²) in [7, 11) is 1.51. The largest absolute Gasteiger partial charge is 0.483 e. The molecule has 0 fully saturated rings. The Labute approximate surface area is 170 Å². The van der Waals surface area contributed by atoms with Crippen LogP contribution in [0.4, 0.5) is 4.39 Å². The van der Waals surface area contributed by atoms with E-state index >= 15 is 0 Å². The topological polar surface area (TPSA) is 156 Å². The molecular formula is C18H17ClFN3O6. The highest BCUT2D eigenvalue weighted by molar-refractivity contribution is 6.30. The number of nitriles is 1. The molecule has 0 aliphatic rings. The van der Waals surface area contributed by atoms with Gasteiger partial charge in [-0.2, -0.15) is 5.26 Å². The average Bonchev–Trinajstić information content (AvgIpc) is 2.70. The van der Waals surface area contributed by atoms with E-state index in [1.807, 2.05) is 6.07 Å². The zero-order valence-corrected chi connectivity index (χ0v) is 15.9. The summed E-state index contributed by atoms with van der Waals surface area (Å²) in [6.07, 6.45) is -0.0521. The number of nitrogens with two attached hydrogens (primary N) is 1. The zero-order chi connectivity index (χ0) is 22.0. The third-order valence-electron chi connectivity index (χ3n) is 3.31. The first kappa shape index (κ1) is 23.6. The number of rotatable bonds is 6. The molecule has 0 saturated heterocycles. The molecule has 1 unspecified atom stereocenters. The van der Waals surface area contributed by atoms with Crippen LogP contribution in [0.5, 0.6) is 11.6 Å². The second-order valence-corrected chi connectivity index (χ2v) is 5.68. The number of carbonyl (C=O) groups is 2.